The van der Waals surface area contributed by atoms with Crippen molar-refractivity contribution in [3.63, 3.8) is 0 Å². The van der Waals surface area contributed by atoms with Crippen LogP contribution < -0.4 is 5.73 Å². The molecule has 0 unspecified atom stereocenters. The van der Waals surface area contributed by atoms with Crippen LogP contribution in [-0.2, 0) is 5.41 Å². The maximum absolute atomic E-state index is 5.89. The predicted molar refractivity (Wildman–Crippen MR) is 87.3 cm³/mol. The van der Waals surface area contributed by atoms with Gasteiger partial charge in [0.2, 0.25) is 5.89 Å². The number of aryl methyl sites for hydroxylation is 1. The summed E-state index contributed by atoms with van der Waals surface area (Å²) < 4.78 is 5.89. The summed E-state index contributed by atoms with van der Waals surface area (Å²) in [7, 11) is 0. The van der Waals surface area contributed by atoms with Crippen LogP contribution in [0.1, 0.15) is 31.9 Å². The molecule has 0 aliphatic rings. The van der Waals surface area contributed by atoms with Gasteiger partial charge in [-0.1, -0.05) is 32.9 Å². The summed E-state index contributed by atoms with van der Waals surface area (Å²) in [6.07, 6.45) is 0. The van der Waals surface area contributed by atoms with Crippen LogP contribution in [0.4, 0.5) is 5.69 Å². The number of nitrogen functional groups attached to an aromatic ring is 1. The molecule has 3 nitrogen and oxygen atoms in total. The molecule has 0 atom stereocenters. The van der Waals surface area contributed by atoms with Gasteiger partial charge in [0.1, 0.15) is 5.52 Å². The van der Waals surface area contributed by atoms with Gasteiger partial charge in [0.15, 0.2) is 5.58 Å². The van der Waals surface area contributed by atoms with E-state index in [0.29, 0.717) is 11.6 Å². The van der Waals surface area contributed by atoms with E-state index >= 15 is 0 Å². The highest BCUT2D eigenvalue weighted by Crippen LogP contribution is 2.31. The van der Waals surface area contributed by atoms with Crippen molar-refractivity contribution in [3.05, 3.63) is 47.5 Å². The van der Waals surface area contributed by atoms with Crippen molar-refractivity contribution < 1.29 is 4.42 Å². The summed E-state index contributed by atoms with van der Waals surface area (Å²) in [5, 5.41) is 0. The van der Waals surface area contributed by atoms with Crippen molar-refractivity contribution in [2.75, 3.05) is 5.73 Å². The van der Waals surface area contributed by atoms with Crippen molar-refractivity contribution in [1.29, 1.82) is 0 Å². The van der Waals surface area contributed by atoms with Crippen LogP contribution in [0.2, 0.25) is 0 Å². The first kappa shape index (κ1) is 13.7. The van der Waals surface area contributed by atoms with E-state index in [2.05, 4.69) is 37.9 Å². The molecule has 1 aromatic heterocycles. The number of nitrogens with zero attached hydrogens (tertiary/aromatic N) is 1. The van der Waals surface area contributed by atoms with Gasteiger partial charge in [-0.25, -0.2) is 4.98 Å². The van der Waals surface area contributed by atoms with Crippen LogP contribution >= 0.6 is 0 Å². The minimum absolute atomic E-state index is 0.0976. The maximum Gasteiger partial charge on any atom is 0.227 e. The molecule has 0 spiro atoms. The largest absolute Gasteiger partial charge is 0.436 e. The Balaban J connectivity index is 2.15. The molecular weight excluding hydrogens is 260 g/mol. The molecule has 3 aromatic rings. The molecule has 3 rings (SSSR count). The molecule has 2 aromatic carbocycles. The van der Waals surface area contributed by atoms with Gasteiger partial charge >= 0.3 is 0 Å². The Labute approximate surface area is 124 Å². The Kier molecular flexibility index (Phi) is 3.01. The van der Waals surface area contributed by atoms with Crippen molar-refractivity contribution in [2.24, 2.45) is 0 Å². The zero-order valence-electron chi connectivity index (χ0n) is 12.9. The molecule has 0 fully saturated rings. The van der Waals surface area contributed by atoms with Crippen molar-refractivity contribution in [2.45, 2.75) is 33.1 Å². The van der Waals surface area contributed by atoms with E-state index in [9.17, 15) is 0 Å². The first-order valence-corrected chi connectivity index (χ1v) is 7.12. The van der Waals surface area contributed by atoms with Crippen molar-refractivity contribution in [3.8, 4) is 11.5 Å². The second kappa shape index (κ2) is 4.62. The van der Waals surface area contributed by atoms with Gasteiger partial charge in [0.25, 0.3) is 0 Å². The number of fused-ring (bicyclic) bond motifs is 1. The van der Waals surface area contributed by atoms with Crippen molar-refractivity contribution in [1.82, 2.24) is 4.98 Å². The van der Waals surface area contributed by atoms with E-state index in [1.165, 1.54) is 5.56 Å². The predicted octanol–water partition coefficient (Wildman–Crippen LogP) is 4.68. The molecule has 108 valence electrons. The fourth-order valence-electron chi connectivity index (χ4n) is 2.38. The topological polar surface area (TPSA) is 52.0 Å². The highest BCUT2D eigenvalue weighted by Gasteiger charge is 2.16. The van der Waals surface area contributed by atoms with E-state index < -0.39 is 0 Å². The molecular formula is C18H20N2O. The Bertz CT molecular complexity index is 810. The van der Waals surface area contributed by atoms with Gasteiger partial charge in [0, 0.05) is 11.3 Å². The average molecular weight is 280 g/mol. The number of anilines is 1. The van der Waals surface area contributed by atoms with E-state index in [0.717, 1.165) is 22.2 Å². The summed E-state index contributed by atoms with van der Waals surface area (Å²) in [5.74, 6) is 0.626. The number of oxazole rings is 1. The summed E-state index contributed by atoms with van der Waals surface area (Å²) >= 11 is 0. The number of aromatic nitrogens is 1. The third-order valence-corrected chi connectivity index (χ3v) is 3.75. The van der Waals surface area contributed by atoms with Gasteiger partial charge in [0.05, 0.1) is 0 Å². The van der Waals surface area contributed by atoms with Gasteiger partial charge in [-0.15, -0.1) is 0 Å². The fraction of sp³-hybridized carbons (Fsp3) is 0.278. The van der Waals surface area contributed by atoms with Gasteiger partial charge in [-0.2, -0.15) is 0 Å². The zero-order chi connectivity index (χ0) is 15.2. The molecule has 0 saturated carbocycles. The lowest BCUT2D eigenvalue weighted by Gasteiger charge is -2.18. The highest BCUT2D eigenvalue weighted by atomic mass is 16.3. The first-order valence-electron chi connectivity index (χ1n) is 7.12. The van der Waals surface area contributed by atoms with Crippen LogP contribution in [0.15, 0.2) is 40.8 Å². The smallest absolute Gasteiger partial charge is 0.227 e. The van der Waals surface area contributed by atoms with E-state index in [-0.39, 0.29) is 5.41 Å². The molecule has 0 bridgehead atoms. The molecule has 1 heterocycles. The standard InChI is InChI=1S/C18H20N2O/c1-11-5-7-13(19)10-14(11)17-20-15-9-12(18(2,3)4)6-8-16(15)21-17/h5-10H,19H2,1-4H3. The lowest BCUT2D eigenvalue weighted by molar-refractivity contribution is 0.590. The Morgan fingerprint density at radius 2 is 1.81 bits per heavy atom. The van der Waals surface area contributed by atoms with Crippen LogP contribution in [0.3, 0.4) is 0 Å². The second-order valence-corrected chi connectivity index (χ2v) is 6.53. The van der Waals surface area contributed by atoms with Crippen LogP contribution in [0, 0.1) is 6.92 Å². The summed E-state index contributed by atoms with van der Waals surface area (Å²) in [4.78, 5) is 4.64. The van der Waals surface area contributed by atoms with Crippen LogP contribution in [-0.4, -0.2) is 4.98 Å². The van der Waals surface area contributed by atoms with Gasteiger partial charge < -0.3 is 10.2 Å². The third-order valence-electron chi connectivity index (χ3n) is 3.75. The number of hydrogen-bond acceptors (Lipinski definition) is 3. The van der Waals surface area contributed by atoms with Crippen molar-refractivity contribution >= 4 is 16.8 Å². The lowest BCUT2D eigenvalue weighted by Crippen LogP contribution is -2.10. The summed E-state index contributed by atoms with van der Waals surface area (Å²) in [5.41, 5.74) is 11.7. The van der Waals surface area contributed by atoms with Gasteiger partial charge in [-0.3, -0.25) is 0 Å². The quantitative estimate of drug-likeness (QED) is 0.658. The van der Waals surface area contributed by atoms with E-state index in [4.69, 9.17) is 10.2 Å². The number of hydrogen-bond donors (Lipinski definition) is 1. The molecule has 0 aliphatic carbocycles. The monoisotopic (exact) mass is 280 g/mol. The Morgan fingerprint density at radius 3 is 2.52 bits per heavy atom. The summed E-state index contributed by atoms with van der Waals surface area (Å²) in [6, 6.07) is 12.0. The Hall–Kier alpha value is -2.29. The SMILES string of the molecule is Cc1ccc(N)cc1-c1nc2cc(C(C)(C)C)ccc2o1. The molecule has 21 heavy (non-hydrogen) atoms. The number of rotatable bonds is 1. The number of nitrogens with two attached hydrogens (primary N) is 1. The van der Waals surface area contributed by atoms with Crippen LogP contribution in [0.25, 0.3) is 22.6 Å². The van der Waals surface area contributed by atoms with Gasteiger partial charge in [-0.05, 0) is 47.7 Å². The fourth-order valence-corrected chi connectivity index (χ4v) is 2.38. The minimum Gasteiger partial charge on any atom is -0.436 e. The highest BCUT2D eigenvalue weighted by molar-refractivity contribution is 5.78. The average Bonchev–Trinajstić information content (AvgIpc) is 2.83. The summed E-state index contributed by atoms with van der Waals surface area (Å²) in [6.45, 7) is 8.61. The molecule has 0 radical (unpaired) electrons. The second-order valence-electron chi connectivity index (χ2n) is 6.53. The minimum atomic E-state index is 0.0976. The maximum atomic E-state index is 5.89. The van der Waals surface area contributed by atoms with E-state index in [1.54, 1.807) is 0 Å². The first-order chi connectivity index (χ1) is 9.84. The lowest BCUT2D eigenvalue weighted by atomic mass is 9.87. The van der Waals surface area contributed by atoms with E-state index in [1.807, 2.05) is 31.2 Å². The molecule has 0 amide bonds. The molecule has 0 aliphatic heterocycles. The molecule has 0 saturated heterocycles. The molecule has 3 heteroatoms. The number of benzene rings is 2. The zero-order valence-corrected chi connectivity index (χ0v) is 12.9. The Morgan fingerprint density at radius 1 is 1.05 bits per heavy atom. The normalized spacial score (nSPS) is 12.0. The molecule has 2 N–H and O–H groups in total. The van der Waals surface area contributed by atoms with Crippen LogP contribution in [0.5, 0.6) is 0 Å². The third kappa shape index (κ3) is 2.51.